The molecule has 3 rings (SSSR count). The zero-order valence-corrected chi connectivity index (χ0v) is 28.6. The lowest BCUT2D eigenvalue weighted by Gasteiger charge is -2.33. The molecular weight excluding hydrogens is 644 g/mol. The molecule has 0 radical (unpaired) electrons. The van der Waals surface area contributed by atoms with Gasteiger partial charge in [0.2, 0.25) is 17.7 Å². The predicted octanol–water partition coefficient (Wildman–Crippen LogP) is 2.54. The molecule has 268 valence electrons. The van der Waals surface area contributed by atoms with Crippen molar-refractivity contribution in [2.75, 3.05) is 7.11 Å². The normalized spacial score (nSPS) is 14.2. The summed E-state index contributed by atoms with van der Waals surface area (Å²) in [6.07, 6.45) is -2.16. The maximum Gasteiger partial charge on any atom is 0.407 e. The van der Waals surface area contributed by atoms with E-state index in [1.165, 1.54) is 7.11 Å². The van der Waals surface area contributed by atoms with E-state index in [4.69, 9.17) is 10.5 Å². The highest BCUT2D eigenvalue weighted by Gasteiger charge is 2.35. The van der Waals surface area contributed by atoms with Gasteiger partial charge in [-0.1, -0.05) is 81.4 Å². The van der Waals surface area contributed by atoms with Gasteiger partial charge in [0.1, 0.15) is 12.1 Å². The Kier molecular flexibility index (Phi) is 14.3. The fraction of sp³-hybridized carbons (Fsp3) is 0.389. The van der Waals surface area contributed by atoms with Gasteiger partial charge in [0.25, 0.3) is 0 Å². The van der Waals surface area contributed by atoms with Crippen molar-refractivity contribution in [3.63, 3.8) is 0 Å². The van der Waals surface area contributed by atoms with E-state index in [0.29, 0.717) is 0 Å². The average Bonchev–Trinajstić information content (AvgIpc) is 3.06. The number of primary amides is 1. The molecule has 0 fully saturated rings. The number of hydrogen-bond donors (Lipinski definition) is 7. The van der Waals surface area contributed by atoms with Crippen LogP contribution in [0.5, 0.6) is 0 Å². The number of nitrogens with two attached hydrogens (primary N) is 1. The summed E-state index contributed by atoms with van der Waals surface area (Å²) < 4.78 is 4.75. The average molecular weight is 691 g/mol. The molecule has 5 amide bonds. The van der Waals surface area contributed by atoms with Crippen LogP contribution in [0, 0.1) is 5.41 Å². The smallest absolute Gasteiger partial charge is 0.407 e. The Hall–Kier alpha value is -5.50. The molecule has 14 nitrogen and oxygen atoms in total. The van der Waals surface area contributed by atoms with Crippen molar-refractivity contribution in [2.45, 2.75) is 76.7 Å². The van der Waals surface area contributed by atoms with Crippen LogP contribution in [0.3, 0.4) is 0 Å². The summed E-state index contributed by atoms with van der Waals surface area (Å²) in [7, 11) is 1.20. The van der Waals surface area contributed by atoms with E-state index in [-0.39, 0.29) is 19.3 Å². The van der Waals surface area contributed by atoms with E-state index in [1.807, 2.05) is 53.8 Å². The molecule has 50 heavy (non-hydrogen) atoms. The number of nitrogens with zero attached hydrogens (tertiary/aromatic N) is 1. The zero-order valence-electron chi connectivity index (χ0n) is 28.6. The number of ether oxygens (including phenoxy) is 1. The van der Waals surface area contributed by atoms with Crippen molar-refractivity contribution in [3.05, 3.63) is 90.1 Å². The highest BCUT2D eigenvalue weighted by Crippen LogP contribution is 2.22. The van der Waals surface area contributed by atoms with Gasteiger partial charge < -0.3 is 42.0 Å². The van der Waals surface area contributed by atoms with Crippen LogP contribution < -0.4 is 27.0 Å². The number of carboxylic acid groups (broad SMARTS) is 1. The molecule has 5 atom stereocenters. The van der Waals surface area contributed by atoms with Gasteiger partial charge in [-0.15, -0.1) is 0 Å². The molecule has 0 aliphatic heterocycles. The lowest BCUT2D eigenvalue weighted by molar-refractivity contribution is -0.128. The first-order valence-corrected chi connectivity index (χ1v) is 16.1. The van der Waals surface area contributed by atoms with E-state index in [2.05, 4.69) is 20.9 Å². The third-order valence-corrected chi connectivity index (χ3v) is 7.95. The van der Waals surface area contributed by atoms with Crippen LogP contribution >= 0.6 is 0 Å². The second kappa shape index (κ2) is 18.3. The number of rotatable bonds is 16. The summed E-state index contributed by atoms with van der Waals surface area (Å²) >= 11 is 0. The molecule has 2 aromatic carbocycles. The fourth-order valence-electron chi connectivity index (χ4n) is 5.41. The van der Waals surface area contributed by atoms with E-state index in [9.17, 15) is 34.2 Å². The van der Waals surface area contributed by atoms with Gasteiger partial charge in [0, 0.05) is 17.8 Å². The monoisotopic (exact) mass is 690 g/mol. The van der Waals surface area contributed by atoms with E-state index < -0.39 is 72.0 Å². The number of aliphatic hydroxyl groups is 1. The van der Waals surface area contributed by atoms with Crippen molar-refractivity contribution >= 4 is 29.9 Å². The van der Waals surface area contributed by atoms with Crippen LogP contribution in [0.1, 0.15) is 44.7 Å². The number of carbonyl (C=O) groups excluding carboxylic acids is 4. The summed E-state index contributed by atoms with van der Waals surface area (Å²) in [5, 5.41) is 31.2. The minimum Gasteiger partial charge on any atom is -0.465 e. The van der Waals surface area contributed by atoms with Gasteiger partial charge in [-0.3, -0.25) is 19.4 Å². The van der Waals surface area contributed by atoms with Crippen LogP contribution in [-0.4, -0.2) is 82.5 Å². The van der Waals surface area contributed by atoms with Gasteiger partial charge >= 0.3 is 12.2 Å². The Morgan fingerprint density at radius 2 is 1.46 bits per heavy atom. The number of pyridine rings is 1. The van der Waals surface area contributed by atoms with Crippen LogP contribution in [0.4, 0.5) is 9.59 Å². The van der Waals surface area contributed by atoms with Crippen LogP contribution in [-0.2, 0) is 32.0 Å². The quantitative estimate of drug-likeness (QED) is 0.117. The minimum atomic E-state index is -1.53. The van der Waals surface area contributed by atoms with Crippen LogP contribution in [0.15, 0.2) is 79.0 Å². The lowest BCUT2D eigenvalue weighted by atomic mass is 9.85. The van der Waals surface area contributed by atoms with Gasteiger partial charge in [0.15, 0.2) is 0 Å². The maximum atomic E-state index is 13.7. The predicted molar refractivity (Wildman–Crippen MR) is 186 cm³/mol. The van der Waals surface area contributed by atoms with Gasteiger partial charge in [-0.25, -0.2) is 9.59 Å². The maximum absolute atomic E-state index is 13.7. The molecule has 0 saturated carbocycles. The molecular formula is C36H46N6O8. The van der Waals surface area contributed by atoms with Gasteiger partial charge in [0.05, 0.1) is 31.4 Å². The third kappa shape index (κ3) is 12.5. The Bertz CT molecular complexity index is 1570. The van der Waals surface area contributed by atoms with Gasteiger partial charge in [-0.2, -0.15) is 0 Å². The first-order chi connectivity index (χ1) is 23.7. The minimum absolute atomic E-state index is 0.0621. The summed E-state index contributed by atoms with van der Waals surface area (Å²) in [5.41, 5.74) is 7.80. The first-order valence-electron chi connectivity index (χ1n) is 16.1. The summed E-state index contributed by atoms with van der Waals surface area (Å²) in [6.45, 7) is 5.35. The zero-order chi connectivity index (χ0) is 36.8. The highest BCUT2D eigenvalue weighted by atomic mass is 16.5. The van der Waals surface area contributed by atoms with Crippen LogP contribution in [0.2, 0.25) is 0 Å². The number of alkyl carbamates (subject to hydrolysis) is 1. The van der Waals surface area contributed by atoms with Crippen molar-refractivity contribution in [3.8, 4) is 11.3 Å². The van der Waals surface area contributed by atoms with Crippen molar-refractivity contribution in [1.82, 2.24) is 26.3 Å². The van der Waals surface area contributed by atoms with E-state index >= 15 is 0 Å². The summed E-state index contributed by atoms with van der Waals surface area (Å²) in [5.74, 6) is -2.27. The third-order valence-electron chi connectivity index (χ3n) is 7.95. The molecule has 0 bridgehead atoms. The molecule has 3 aromatic rings. The Morgan fingerprint density at radius 3 is 2.02 bits per heavy atom. The molecule has 0 aliphatic carbocycles. The van der Waals surface area contributed by atoms with Crippen molar-refractivity contribution in [2.24, 2.45) is 11.1 Å². The Labute approximate surface area is 291 Å². The number of hydrogen-bond acceptors (Lipinski definition) is 8. The molecule has 0 spiro atoms. The second-order valence-corrected chi connectivity index (χ2v) is 13.0. The molecule has 8 N–H and O–H groups in total. The topological polar surface area (TPSA) is 222 Å². The number of carbonyl (C=O) groups is 5. The lowest BCUT2D eigenvalue weighted by Crippen LogP contribution is -2.57. The van der Waals surface area contributed by atoms with Crippen molar-refractivity contribution in [1.29, 1.82) is 0 Å². The molecule has 1 heterocycles. The van der Waals surface area contributed by atoms with Gasteiger partial charge in [-0.05, 0) is 47.9 Å². The molecule has 0 saturated heterocycles. The molecule has 14 heteroatoms. The number of methoxy groups -OCH3 is 1. The van der Waals surface area contributed by atoms with E-state index in [1.54, 1.807) is 51.2 Å². The fourth-order valence-corrected chi connectivity index (χ4v) is 5.41. The molecule has 0 unspecified atom stereocenters. The molecule has 0 aliphatic rings. The van der Waals surface area contributed by atoms with E-state index in [0.717, 1.165) is 22.4 Å². The SMILES string of the molecule is COC(=O)N[C@H](C(=O)N[C@@H](Cc1ccc(-c2ccccn2)cc1)C[C@H](O)[C@H](Cc1ccccc1)NC(=O)[C@H](CC(N)=O)NC(=O)O)C(C)(C)C. The Morgan fingerprint density at radius 1 is 0.820 bits per heavy atom. The summed E-state index contributed by atoms with van der Waals surface area (Å²) in [6, 6.07) is 18.0. The largest absolute Gasteiger partial charge is 0.465 e. The van der Waals surface area contributed by atoms with Crippen molar-refractivity contribution < 1.29 is 38.9 Å². The molecule has 1 aromatic heterocycles. The highest BCUT2D eigenvalue weighted by molar-refractivity contribution is 5.90. The number of nitrogens with one attached hydrogen (secondary N) is 4. The van der Waals surface area contributed by atoms with Crippen LogP contribution in [0.25, 0.3) is 11.3 Å². The number of aromatic nitrogens is 1. The standard InChI is InChI=1S/C36H46N6O8/c1-36(2,3)31(42-35(49)50-4)33(46)39-25(18-23-13-15-24(16-14-23)26-12-8-9-17-38-26)20-29(43)27(19-22-10-6-5-7-11-22)40-32(45)28(21-30(37)44)41-34(47)48/h5-17,25,27-29,31,41,43H,18-21H2,1-4H3,(H2,37,44)(H,39,46)(H,40,45)(H,42,49)(H,47,48)/t25-,27-,28-,29-,31+/m0/s1. The first kappa shape index (κ1) is 38.9. The Balaban J connectivity index is 1.94. The number of amides is 5. The number of benzene rings is 2. The number of aliphatic hydroxyl groups excluding tert-OH is 1. The second-order valence-electron chi connectivity index (χ2n) is 13.0. The summed E-state index contributed by atoms with van der Waals surface area (Å²) in [4.78, 5) is 66.6.